The Balaban J connectivity index is 2.46. The number of carboxylic acid groups (broad SMARTS) is 1. The fraction of sp³-hybridized carbons (Fsp3) is 0.750. The zero-order valence-corrected chi connectivity index (χ0v) is 15.3. The van der Waals surface area contributed by atoms with E-state index in [2.05, 4.69) is 6.92 Å². The van der Waals surface area contributed by atoms with Crippen LogP contribution < -0.4 is 0 Å². The van der Waals surface area contributed by atoms with Crippen LogP contribution in [0.4, 0.5) is 0 Å². The maximum Gasteiger partial charge on any atom is 0.303 e. The summed E-state index contributed by atoms with van der Waals surface area (Å²) >= 11 is 0. The fourth-order valence-electron chi connectivity index (χ4n) is 3.41. The van der Waals surface area contributed by atoms with Crippen LogP contribution in [-0.2, 0) is 4.79 Å². The van der Waals surface area contributed by atoms with E-state index in [1.54, 1.807) is 6.08 Å². The third-order valence-electron chi connectivity index (χ3n) is 4.91. The van der Waals surface area contributed by atoms with Gasteiger partial charge < -0.3 is 20.4 Å². The SMILES string of the molecule is CCCCCC(O)C=CC1C(CC=CCCCC(=O)O)[C@H](O)C[C@@H]1O. The number of hydrogen-bond donors (Lipinski definition) is 4. The molecule has 0 aromatic heterocycles. The molecule has 144 valence electrons. The van der Waals surface area contributed by atoms with Gasteiger partial charge in [-0.25, -0.2) is 0 Å². The number of rotatable bonds is 12. The van der Waals surface area contributed by atoms with E-state index >= 15 is 0 Å². The number of carboxylic acids is 1. The first-order valence-corrected chi connectivity index (χ1v) is 9.55. The number of carbonyl (C=O) groups is 1. The molecule has 0 aromatic rings. The number of hydrogen-bond acceptors (Lipinski definition) is 4. The topological polar surface area (TPSA) is 98.0 Å². The highest BCUT2D eigenvalue weighted by atomic mass is 16.4. The maximum atomic E-state index is 10.5. The lowest BCUT2D eigenvalue weighted by Crippen LogP contribution is -2.20. The molecule has 5 atom stereocenters. The second kappa shape index (κ2) is 12.2. The Morgan fingerprint density at radius 2 is 1.92 bits per heavy atom. The van der Waals surface area contributed by atoms with Crippen LogP contribution in [0.1, 0.15) is 64.7 Å². The molecule has 0 bridgehead atoms. The number of aliphatic hydroxyl groups excluding tert-OH is 3. The van der Waals surface area contributed by atoms with Gasteiger partial charge >= 0.3 is 5.97 Å². The molecule has 0 heterocycles. The van der Waals surface area contributed by atoms with Gasteiger partial charge in [0.1, 0.15) is 0 Å². The molecule has 3 unspecified atom stereocenters. The summed E-state index contributed by atoms with van der Waals surface area (Å²) in [5.41, 5.74) is 0. The minimum atomic E-state index is -0.787. The van der Waals surface area contributed by atoms with Crippen LogP contribution in [0.5, 0.6) is 0 Å². The van der Waals surface area contributed by atoms with Crippen molar-refractivity contribution in [3.63, 3.8) is 0 Å². The van der Waals surface area contributed by atoms with E-state index in [9.17, 15) is 20.1 Å². The molecule has 1 fully saturated rings. The van der Waals surface area contributed by atoms with Crippen molar-refractivity contribution in [1.29, 1.82) is 0 Å². The van der Waals surface area contributed by atoms with Gasteiger partial charge in [0.15, 0.2) is 0 Å². The largest absolute Gasteiger partial charge is 0.481 e. The molecule has 0 amide bonds. The van der Waals surface area contributed by atoms with E-state index in [-0.39, 0.29) is 18.3 Å². The molecular formula is C20H34O5. The van der Waals surface area contributed by atoms with E-state index in [4.69, 9.17) is 5.11 Å². The molecule has 0 radical (unpaired) electrons. The molecule has 1 saturated carbocycles. The van der Waals surface area contributed by atoms with Crippen molar-refractivity contribution < 1.29 is 25.2 Å². The van der Waals surface area contributed by atoms with Crippen molar-refractivity contribution in [3.05, 3.63) is 24.3 Å². The first-order valence-electron chi connectivity index (χ1n) is 9.55. The number of unbranched alkanes of at least 4 members (excludes halogenated alkanes) is 3. The van der Waals surface area contributed by atoms with Crippen LogP contribution in [-0.4, -0.2) is 44.7 Å². The number of aliphatic hydroxyl groups is 3. The molecular weight excluding hydrogens is 320 g/mol. The van der Waals surface area contributed by atoms with E-state index in [1.165, 1.54) is 0 Å². The molecule has 5 nitrogen and oxygen atoms in total. The van der Waals surface area contributed by atoms with E-state index in [0.717, 1.165) is 25.7 Å². The molecule has 0 spiro atoms. The third-order valence-corrected chi connectivity index (χ3v) is 4.91. The van der Waals surface area contributed by atoms with E-state index < -0.39 is 24.3 Å². The third kappa shape index (κ3) is 8.66. The molecule has 0 aliphatic heterocycles. The van der Waals surface area contributed by atoms with Gasteiger partial charge in [0.2, 0.25) is 0 Å². The van der Waals surface area contributed by atoms with Crippen molar-refractivity contribution in [2.75, 3.05) is 0 Å². The predicted octanol–water partition coefficient (Wildman–Crippen LogP) is 3.04. The summed E-state index contributed by atoms with van der Waals surface area (Å²) in [7, 11) is 0. The lowest BCUT2D eigenvalue weighted by molar-refractivity contribution is -0.137. The Kier molecular flexibility index (Phi) is 10.7. The molecule has 25 heavy (non-hydrogen) atoms. The number of aliphatic carboxylic acids is 1. The van der Waals surface area contributed by atoms with Crippen LogP contribution in [0.25, 0.3) is 0 Å². The van der Waals surface area contributed by atoms with Crippen molar-refractivity contribution in [3.8, 4) is 0 Å². The second-order valence-electron chi connectivity index (χ2n) is 7.05. The van der Waals surface area contributed by atoms with Gasteiger partial charge in [-0.15, -0.1) is 0 Å². The van der Waals surface area contributed by atoms with Crippen LogP contribution >= 0.6 is 0 Å². The van der Waals surface area contributed by atoms with E-state index in [0.29, 0.717) is 25.7 Å². The molecule has 1 aliphatic rings. The van der Waals surface area contributed by atoms with Crippen molar-refractivity contribution >= 4 is 5.97 Å². The zero-order valence-electron chi connectivity index (χ0n) is 15.3. The zero-order chi connectivity index (χ0) is 18.7. The summed E-state index contributed by atoms with van der Waals surface area (Å²) in [5, 5.41) is 39.0. The van der Waals surface area contributed by atoms with Gasteiger partial charge in [-0.2, -0.15) is 0 Å². The van der Waals surface area contributed by atoms with Crippen LogP contribution in [0.2, 0.25) is 0 Å². The molecule has 1 aliphatic carbocycles. The molecule has 4 N–H and O–H groups in total. The van der Waals surface area contributed by atoms with E-state index in [1.807, 2.05) is 18.2 Å². The van der Waals surface area contributed by atoms with Gasteiger partial charge in [0.25, 0.3) is 0 Å². The minimum Gasteiger partial charge on any atom is -0.481 e. The van der Waals surface area contributed by atoms with Crippen molar-refractivity contribution in [1.82, 2.24) is 0 Å². The van der Waals surface area contributed by atoms with Crippen molar-refractivity contribution in [2.24, 2.45) is 11.8 Å². The first kappa shape index (κ1) is 21.9. The quantitative estimate of drug-likeness (QED) is 0.319. The molecule has 0 aromatic carbocycles. The smallest absolute Gasteiger partial charge is 0.303 e. The van der Waals surface area contributed by atoms with Gasteiger partial charge in [-0.3, -0.25) is 4.79 Å². The van der Waals surface area contributed by atoms with Crippen LogP contribution in [0.3, 0.4) is 0 Å². The Bertz CT molecular complexity index is 432. The summed E-state index contributed by atoms with van der Waals surface area (Å²) in [4.78, 5) is 10.5. The Morgan fingerprint density at radius 1 is 1.16 bits per heavy atom. The Hall–Kier alpha value is -1.17. The standard InChI is InChI=1S/C20H34O5/c1-2-3-6-9-15(21)12-13-17-16(18(22)14-19(17)23)10-7-4-5-8-11-20(24)25/h4,7,12-13,15-19,21-23H,2-3,5-6,8-11,14H2,1H3,(H,24,25)/t15?,16?,17?,18-,19+/m1/s1. The maximum absolute atomic E-state index is 10.5. The Morgan fingerprint density at radius 3 is 2.60 bits per heavy atom. The average Bonchev–Trinajstić information content (AvgIpc) is 2.82. The summed E-state index contributed by atoms with van der Waals surface area (Å²) in [6.45, 7) is 2.12. The minimum absolute atomic E-state index is 0.0650. The van der Waals surface area contributed by atoms with Crippen LogP contribution in [0, 0.1) is 11.8 Å². The molecule has 0 saturated heterocycles. The van der Waals surface area contributed by atoms with Gasteiger partial charge in [-0.1, -0.05) is 50.5 Å². The Labute approximate surface area is 151 Å². The lowest BCUT2D eigenvalue weighted by Gasteiger charge is -2.19. The highest BCUT2D eigenvalue weighted by Crippen LogP contribution is 2.36. The highest BCUT2D eigenvalue weighted by molar-refractivity contribution is 5.66. The predicted molar refractivity (Wildman–Crippen MR) is 98.1 cm³/mol. The fourth-order valence-corrected chi connectivity index (χ4v) is 3.41. The lowest BCUT2D eigenvalue weighted by atomic mass is 9.89. The monoisotopic (exact) mass is 354 g/mol. The summed E-state index contributed by atoms with van der Waals surface area (Å²) < 4.78 is 0. The van der Waals surface area contributed by atoms with Gasteiger partial charge in [-0.05, 0) is 31.6 Å². The van der Waals surface area contributed by atoms with Crippen LogP contribution in [0.15, 0.2) is 24.3 Å². The van der Waals surface area contributed by atoms with Gasteiger partial charge in [0.05, 0.1) is 18.3 Å². The van der Waals surface area contributed by atoms with Crippen molar-refractivity contribution in [2.45, 2.75) is 83.0 Å². The molecule has 1 rings (SSSR count). The number of allylic oxidation sites excluding steroid dienone is 2. The normalized spacial score (nSPS) is 28.2. The average molecular weight is 354 g/mol. The summed E-state index contributed by atoms with van der Waals surface area (Å²) in [6.07, 6.45) is 12.3. The first-order chi connectivity index (χ1) is 12.0. The summed E-state index contributed by atoms with van der Waals surface area (Å²) in [5.74, 6) is -1.00. The highest BCUT2D eigenvalue weighted by Gasteiger charge is 2.39. The van der Waals surface area contributed by atoms with Gasteiger partial charge in [0, 0.05) is 18.8 Å². The second-order valence-corrected chi connectivity index (χ2v) is 7.05. The molecule has 5 heteroatoms. The summed E-state index contributed by atoms with van der Waals surface area (Å²) in [6, 6.07) is 0.